The molecule has 0 aliphatic heterocycles. The van der Waals surface area contributed by atoms with Gasteiger partial charge in [-0.2, -0.15) is 0 Å². The van der Waals surface area contributed by atoms with Crippen LogP contribution in [0, 0.1) is 6.92 Å². The van der Waals surface area contributed by atoms with Crippen molar-refractivity contribution < 1.29 is 17.9 Å². The Morgan fingerprint density at radius 1 is 1.21 bits per heavy atom. The number of nitrogens with one attached hydrogen (secondary N) is 3. The first-order valence-electron chi connectivity index (χ1n) is 9.78. The summed E-state index contributed by atoms with van der Waals surface area (Å²) in [6, 6.07) is 6.06. The predicted octanol–water partition coefficient (Wildman–Crippen LogP) is 1.79. The molecule has 0 aliphatic carbocycles. The number of benzene rings is 1. The van der Waals surface area contributed by atoms with E-state index in [4.69, 9.17) is 9.47 Å². The minimum Gasteiger partial charge on any atom is -0.493 e. The Bertz CT molecular complexity index is 764. The molecule has 0 spiro atoms. The molecule has 0 aliphatic rings. The van der Waals surface area contributed by atoms with Gasteiger partial charge in [0.2, 0.25) is 10.0 Å². The first kappa shape index (κ1) is 25.2. The summed E-state index contributed by atoms with van der Waals surface area (Å²) >= 11 is 0. The fourth-order valence-electron chi connectivity index (χ4n) is 2.66. The molecule has 0 fully saturated rings. The van der Waals surface area contributed by atoms with E-state index in [0.717, 1.165) is 29.6 Å². The molecule has 1 aromatic carbocycles. The number of rotatable bonds is 12. The van der Waals surface area contributed by atoms with Crippen LogP contribution >= 0.6 is 0 Å². The summed E-state index contributed by atoms with van der Waals surface area (Å²) in [5.41, 5.74) is 1.46. The summed E-state index contributed by atoms with van der Waals surface area (Å²) < 4.78 is 36.6. The maximum atomic E-state index is 11.5. The average Bonchev–Trinajstić information content (AvgIpc) is 2.60. The second kappa shape index (κ2) is 12.0. The van der Waals surface area contributed by atoms with Gasteiger partial charge in [0.05, 0.1) is 19.4 Å². The number of nitrogens with zero attached hydrogens (tertiary/aromatic N) is 1. The number of sulfonamides is 1. The third-order valence-corrected chi connectivity index (χ3v) is 4.81. The number of aryl methyl sites for hydroxylation is 1. The topological polar surface area (TPSA) is 101 Å². The van der Waals surface area contributed by atoms with E-state index < -0.39 is 15.6 Å². The SMILES string of the molecule is CCNC(=NCc1ccc(C)cc1OCCCOC)NCC(C)(C)NS(C)(=O)=O. The van der Waals surface area contributed by atoms with Crippen LogP contribution < -0.4 is 20.1 Å². The average molecular weight is 429 g/mol. The van der Waals surface area contributed by atoms with Crippen molar-refractivity contribution >= 4 is 16.0 Å². The fraction of sp³-hybridized carbons (Fsp3) is 0.650. The van der Waals surface area contributed by atoms with Gasteiger partial charge in [-0.3, -0.25) is 0 Å². The molecular weight excluding hydrogens is 392 g/mol. The molecule has 0 radical (unpaired) electrons. The predicted molar refractivity (Wildman–Crippen MR) is 118 cm³/mol. The van der Waals surface area contributed by atoms with Gasteiger partial charge in [-0.05, 0) is 39.3 Å². The lowest BCUT2D eigenvalue weighted by Gasteiger charge is -2.26. The molecule has 1 rings (SSSR count). The molecular formula is C20H36N4O4S. The van der Waals surface area contributed by atoms with E-state index in [1.807, 2.05) is 45.9 Å². The monoisotopic (exact) mass is 428 g/mol. The van der Waals surface area contributed by atoms with E-state index in [2.05, 4.69) is 20.3 Å². The van der Waals surface area contributed by atoms with Crippen LogP contribution in [0.15, 0.2) is 23.2 Å². The molecule has 0 aromatic heterocycles. The normalized spacial score (nSPS) is 12.7. The Morgan fingerprint density at radius 2 is 1.93 bits per heavy atom. The van der Waals surface area contributed by atoms with E-state index >= 15 is 0 Å². The van der Waals surface area contributed by atoms with Crippen molar-refractivity contribution in [2.45, 2.75) is 46.2 Å². The lowest BCUT2D eigenvalue weighted by molar-refractivity contribution is 0.172. The van der Waals surface area contributed by atoms with Crippen molar-refractivity contribution in [1.29, 1.82) is 0 Å². The third-order valence-electron chi connectivity index (χ3n) is 3.88. The van der Waals surface area contributed by atoms with Crippen molar-refractivity contribution in [3.05, 3.63) is 29.3 Å². The van der Waals surface area contributed by atoms with E-state index in [0.29, 0.717) is 38.8 Å². The molecule has 0 amide bonds. The highest BCUT2D eigenvalue weighted by Gasteiger charge is 2.22. The molecule has 8 nitrogen and oxygen atoms in total. The molecule has 29 heavy (non-hydrogen) atoms. The highest BCUT2D eigenvalue weighted by molar-refractivity contribution is 7.88. The van der Waals surface area contributed by atoms with Crippen molar-refractivity contribution in [3.8, 4) is 5.75 Å². The van der Waals surface area contributed by atoms with Crippen LogP contribution in [0.1, 0.15) is 38.3 Å². The first-order chi connectivity index (χ1) is 13.6. The lowest BCUT2D eigenvalue weighted by Crippen LogP contribution is -2.53. The number of hydrogen-bond donors (Lipinski definition) is 3. The van der Waals surface area contributed by atoms with Crippen LogP contribution in [0.3, 0.4) is 0 Å². The van der Waals surface area contributed by atoms with Crippen molar-refractivity contribution in [2.24, 2.45) is 4.99 Å². The first-order valence-corrected chi connectivity index (χ1v) is 11.7. The zero-order valence-corrected chi connectivity index (χ0v) is 19.3. The Kier molecular flexibility index (Phi) is 10.4. The largest absolute Gasteiger partial charge is 0.493 e. The number of hydrogen-bond acceptors (Lipinski definition) is 5. The van der Waals surface area contributed by atoms with Gasteiger partial charge in [-0.15, -0.1) is 0 Å². The van der Waals surface area contributed by atoms with Crippen LogP contribution in [0.5, 0.6) is 5.75 Å². The second-order valence-corrected chi connectivity index (χ2v) is 9.36. The molecule has 0 bridgehead atoms. The molecule has 3 N–H and O–H groups in total. The summed E-state index contributed by atoms with van der Waals surface area (Å²) in [7, 11) is -1.62. The lowest BCUT2D eigenvalue weighted by atomic mass is 10.1. The van der Waals surface area contributed by atoms with E-state index in [1.54, 1.807) is 7.11 Å². The zero-order chi connectivity index (χ0) is 21.9. The van der Waals surface area contributed by atoms with Gasteiger partial charge < -0.3 is 20.1 Å². The molecule has 0 saturated carbocycles. The quantitative estimate of drug-likeness (QED) is 0.267. The third kappa shape index (κ3) is 11.1. The number of ether oxygens (including phenoxy) is 2. The molecule has 0 saturated heterocycles. The van der Waals surface area contributed by atoms with Gasteiger partial charge in [0.25, 0.3) is 0 Å². The van der Waals surface area contributed by atoms with Crippen LogP contribution in [0.4, 0.5) is 0 Å². The summed E-state index contributed by atoms with van der Waals surface area (Å²) in [5, 5.41) is 6.38. The Hall–Kier alpha value is -1.84. The smallest absolute Gasteiger partial charge is 0.209 e. The van der Waals surface area contributed by atoms with Gasteiger partial charge in [0, 0.05) is 44.3 Å². The molecule has 0 unspecified atom stereocenters. The minimum absolute atomic E-state index is 0.389. The van der Waals surface area contributed by atoms with Crippen LogP contribution in [0.25, 0.3) is 0 Å². The van der Waals surface area contributed by atoms with Gasteiger partial charge in [-0.1, -0.05) is 12.1 Å². The Balaban J connectivity index is 2.82. The fourth-order valence-corrected chi connectivity index (χ4v) is 3.74. The van der Waals surface area contributed by atoms with Gasteiger partial charge in [0.15, 0.2) is 5.96 Å². The maximum Gasteiger partial charge on any atom is 0.209 e. The van der Waals surface area contributed by atoms with Crippen molar-refractivity contribution in [1.82, 2.24) is 15.4 Å². The van der Waals surface area contributed by atoms with Crippen LogP contribution in [0.2, 0.25) is 0 Å². The number of methoxy groups -OCH3 is 1. The minimum atomic E-state index is -3.30. The molecule has 0 atom stereocenters. The number of aliphatic imine (C=N–C) groups is 1. The standard InChI is InChI=1S/C20H36N4O4S/c1-7-21-19(23-15-20(3,4)24-29(6,25)26)22-14-17-10-9-16(2)13-18(17)28-12-8-11-27-5/h9-10,13,24H,7-8,11-12,14-15H2,1-6H3,(H2,21,22,23). The second-order valence-electron chi connectivity index (χ2n) is 7.61. The van der Waals surface area contributed by atoms with Gasteiger partial charge in [-0.25, -0.2) is 18.1 Å². The summed E-state index contributed by atoms with van der Waals surface area (Å²) in [5.74, 6) is 1.43. The Labute approximate surface area is 175 Å². The maximum absolute atomic E-state index is 11.5. The van der Waals surface area contributed by atoms with Crippen molar-refractivity contribution in [3.63, 3.8) is 0 Å². The van der Waals surface area contributed by atoms with Crippen molar-refractivity contribution in [2.75, 3.05) is 39.7 Å². The number of guanidine groups is 1. The molecule has 9 heteroatoms. The molecule has 0 heterocycles. The zero-order valence-electron chi connectivity index (χ0n) is 18.5. The van der Waals surface area contributed by atoms with Gasteiger partial charge >= 0.3 is 0 Å². The van der Waals surface area contributed by atoms with Crippen LogP contribution in [-0.4, -0.2) is 59.6 Å². The van der Waals surface area contributed by atoms with E-state index in [1.165, 1.54) is 0 Å². The molecule has 166 valence electrons. The van der Waals surface area contributed by atoms with Crippen LogP contribution in [-0.2, 0) is 21.3 Å². The summed E-state index contributed by atoms with van der Waals surface area (Å²) in [6.07, 6.45) is 1.97. The highest BCUT2D eigenvalue weighted by atomic mass is 32.2. The Morgan fingerprint density at radius 3 is 2.55 bits per heavy atom. The highest BCUT2D eigenvalue weighted by Crippen LogP contribution is 2.21. The summed E-state index contributed by atoms with van der Waals surface area (Å²) in [4.78, 5) is 4.63. The molecule has 1 aromatic rings. The van der Waals surface area contributed by atoms with E-state index in [-0.39, 0.29) is 0 Å². The van der Waals surface area contributed by atoms with E-state index in [9.17, 15) is 8.42 Å². The summed E-state index contributed by atoms with van der Waals surface area (Å²) in [6.45, 7) is 10.4. The van der Waals surface area contributed by atoms with Gasteiger partial charge in [0.1, 0.15) is 5.75 Å².